The van der Waals surface area contributed by atoms with Crippen molar-refractivity contribution in [2.75, 3.05) is 33.4 Å². The van der Waals surface area contributed by atoms with Crippen LogP contribution in [-0.4, -0.2) is 55.4 Å². The fourth-order valence-corrected chi connectivity index (χ4v) is 5.14. The molecule has 0 spiro atoms. The largest absolute Gasteiger partial charge is 0.507 e. The highest BCUT2D eigenvalue weighted by atomic mass is 79.9. The van der Waals surface area contributed by atoms with Crippen LogP contribution in [0.1, 0.15) is 28.4 Å². The molecule has 9 heteroatoms. The number of carboxylic acids is 1. The number of aryl methyl sites for hydroxylation is 1. The van der Waals surface area contributed by atoms with Crippen LogP contribution >= 0.6 is 31.9 Å². The van der Waals surface area contributed by atoms with Gasteiger partial charge in [0.05, 0.1) is 18.7 Å². The van der Waals surface area contributed by atoms with Crippen LogP contribution in [0.2, 0.25) is 0 Å². The Hall–Kier alpha value is -3.14. The van der Waals surface area contributed by atoms with Crippen LogP contribution in [0.15, 0.2) is 68.5 Å². The van der Waals surface area contributed by atoms with E-state index in [1.54, 1.807) is 7.11 Å². The minimum Gasteiger partial charge on any atom is -0.507 e. The van der Waals surface area contributed by atoms with E-state index < -0.39 is 5.97 Å². The van der Waals surface area contributed by atoms with Gasteiger partial charge in [-0.05, 0) is 76.0 Å². The maximum atomic E-state index is 11.2. The van der Waals surface area contributed by atoms with E-state index >= 15 is 0 Å². The fourth-order valence-electron chi connectivity index (χ4n) is 4.40. The van der Waals surface area contributed by atoms with Crippen molar-refractivity contribution in [3.05, 3.63) is 80.2 Å². The molecule has 4 aromatic carbocycles. The van der Waals surface area contributed by atoms with Gasteiger partial charge in [0.2, 0.25) is 0 Å². The second kappa shape index (κ2) is 12.6. The van der Waals surface area contributed by atoms with Crippen molar-refractivity contribution in [3.8, 4) is 11.5 Å². The summed E-state index contributed by atoms with van der Waals surface area (Å²) >= 11 is 6.88. The van der Waals surface area contributed by atoms with Crippen molar-refractivity contribution in [1.29, 1.82) is 0 Å². The first-order chi connectivity index (χ1) is 18.3. The lowest BCUT2D eigenvalue weighted by Crippen LogP contribution is -2.20. The molecule has 38 heavy (non-hydrogen) atoms. The first-order valence-corrected chi connectivity index (χ1v) is 13.7. The zero-order chi connectivity index (χ0) is 27.2. The molecule has 7 nitrogen and oxygen atoms in total. The van der Waals surface area contributed by atoms with Gasteiger partial charge in [0.15, 0.2) is 0 Å². The van der Waals surface area contributed by atoms with Crippen LogP contribution in [0.5, 0.6) is 11.5 Å². The molecule has 0 amide bonds. The Bertz CT molecular complexity index is 1520. The molecule has 3 N–H and O–H groups in total. The number of hydrogen-bond acceptors (Lipinski definition) is 6. The van der Waals surface area contributed by atoms with E-state index in [-0.39, 0.29) is 11.3 Å². The van der Waals surface area contributed by atoms with E-state index in [4.69, 9.17) is 14.6 Å². The van der Waals surface area contributed by atoms with Crippen molar-refractivity contribution < 1.29 is 24.5 Å². The first-order valence-electron chi connectivity index (χ1n) is 12.1. The number of aromatic hydroxyl groups is 1. The first kappa shape index (κ1) is 27.9. The molecular formula is C29H28Br2N2O5. The molecule has 1 heterocycles. The summed E-state index contributed by atoms with van der Waals surface area (Å²) in [5.41, 5.74) is 1.67. The Labute approximate surface area is 237 Å². The molecule has 1 aliphatic heterocycles. The molecule has 198 valence electrons. The van der Waals surface area contributed by atoms with Gasteiger partial charge in [-0.3, -0.25) is 4.99 Å². The van der Waals surface area contributed by atoms with Crippen LogP contribution in [0.4, 0.5) is 0 Å². The highest BCUT2D eigenvalue weighted by molar-refractivity contribution is 9.10. The number of fused-ring (bicyclic) bond motifs is 2. The third-order valence-electron chi connectivity index (χ3n) is 6.13. The molecule has 0 saturated carbocycles. The summed E-state index contributed by atoms with van der Waals surface area (Å²) in [6.07, 6.45) is 0.559. The Balaban J connectivity index is 0.000000181. The number of benzene rings is 4. The topological polar surface area (TPSA) is 100 Å². The lowest BCUT2D eigenvalue weighted by Gasteiger charge is -2.13. The summed E-state index contributed by atoms with van der Waals surface area (Å²) in [7, 11) is 1.67. The maximum absolute atomic E-state index is 11.2. The quantitative estimate of drug-likeness (QED) is 0.198. The predicted octanol–water partition coefficient (Wildman–Crippen LogP) is 6.55. The smallest absolute Gasteiger partial charge is 0.339 e. The molecule has 0 bridgehead atoms. The second-order valence-electron chi connectivity index (χ2n) is 8.61. The van der Waals surface area contributed by atoms with E-state index in [1.165, 1.54) is 6.07 Å². The van der Waals surface area contributed by atoms with Gasteiger partial charge in [0, 0.05) is 22.6 Å². The summed E-state index contributed by atoms with van der Waals surface area (Å²) in [4.78, 5) is 15.7. The summed E-state index contributed by atoms with van der Waals surface area (Å²) < 4.78 is 12.9. The highest BCUT2D eigenvalue weighted by Gasteiger charge is 2.18. The van der Waals surface area contributed by atoms with Crippen LogP contribution < -0.4 is 10.1 Å². The summed E-state index contributed by atoms with van der Waals surface area (Å²) in [6, 6.07) is 17.5. The number of carboxylic acid groups (broad SMARTS) is 1. The number of ether oxygens (including phenoxy) is 2. The van der Waals surface area contributed by atoms with E-state index in [0.717, 1.165) is 60.7 Å². The predicted molar refractivity (Wildman–Crippen MR) is 158 cm³/mol. The molecule has 0 aliphatic carbocycles. The van der Waals surface area contributed by atoms with E-state index in [1.807, 2.05) is 31.2 Å². The summed E-state index contributed by atoms with van der Waals surface area (Å²) in [5, 5.41) is 26.2. The number of halogens is 2. The molecule has 0 aromatic heterocycles. The molecule has 4 aromatic rings. The maximum Gasteiger partial charge on any atom is 0.339 e. The van der Waals surface area contributed by atoms with Crippen molar-refractivity contribution in [3.63, 3.8) is 0 Å². The second-order valence-corrected chi connectivity index (χ2v) is 10.4. The van der Waals surface area contributed by atoms with E-state index in [2.05, 4.69) is 66.4 Å². The number of rotatable bonds is 7. The zero-order valence-corrected chi connectivity index (χ0v) is 24.2. The zero-order valence-electron chi connectivity index (χ0n) is 21.1. The SMILES string of the molecule is CCc1c(C(=O)O)c(O)cc2ccc(Br)cc12.COCCOc1cc2ccc(Br)cc2cc1C1=NCCN1. The van der Waals surface area contributed by atoms with E-state index in [9.17, 15) is 9.90 Å². The van der Waals surface area contributed by atoms with Crippen molar-refractivity contribution >= 4 is 65.2 Å². The minimum absolute atomic E-state index is 0.00176. The molecule has 0 radical (unpaired) electrons. The number of amidine groups is 1. The molecule has 0 unspecified atom stereocenters. The average Bonchev–Trinajstić information content (AvgIpc) is 3.43. The normalized spacial score (nSPS) is 12.6. The van der Waals surface area contributed by atoms with Crippen molar-refractivity contribution in [1.82, 2.24) is 5.32 Å². The molecule has 0 atom stereocenters. The fraction of sp³-hybridized carbons (Fsp3) is 0.241. The van der Waals surface area contributed by atoms with Crippen molar-refractivity contribution in [2.24, 2.45) is 4.99 Å². The van der Waals surface area contributed by atoms with Crippen LogP contribution in [-0.2, 0) is 11.2 Å². The lowest BCUT2D eigenvalue weighted by atomic mass is 9.96. The number of aliphatic imine (C=N–C) groups is 1. The number of methoxy groups -OCH3 is 1. The number of nitrogens with zero attached hydrogens (tertiary/aromatic N) is 1. The molecule has 0 fully saturated rings. The van der Waals surface area contributed by atoms with Crippen molar-refractivity contribution in [2.45, 2.75) is 13.3 Å². The highest BCUT2D eigenvalue weighted by Crippen LogP contribution is 2.33. The molecular weight excluding hydrogens is 616 g/mol. The van der Waals surface area contributed by atoms with Gasteiger partial charge >= 0.3 is 5.97 Å². The molecule has 1 aliphatic rings. The monoisotopic (exact) mass is 642 g/mol. The Kier molecular flexibility index (Phi) is 9.25. The van der Waals surface area contributed by atoms with Gasteiger partial charge in [-0.1, -0.05) is 50.9 Å². The van der Waals surface area contributed by atoms with Crippen LogP contribution in [0.3, 0.4) is 0 Å². The number of carbonyl (C=O) groups is 1. The Morgan fingerprint density at radius 3 is 2.39 bits per heavy atom. The number of nitrogens with one attached hydrogen (secondary N) is 1. The summed E-state index contributed by atoms with van der Waals surface area (Å²) in [5.74, 6) is 0.477. The Morgan fingerprint density at radius 1 is 1.00 bits per heavy atom. The number of phenols is 1. The third kappa shape index (κ3) is 6.28. The van der Waals surface area contributed by atoms with E-state index in [0.29, 0.717) is 25.2 Å². The molecule has 0 saturated heterocycles. The number of aromatic carboxylic acids is 1. The standard InChI is InChI=1S/C16H17BrN2O2.C13H11BrO3/c1-20-6-7-21-15-10-11-2-3-13(17)8-12(11)9-14(15)16-18-4-5-19-16;1-2-9-10-6-8(14)4-3-7(10)5-11(15)12(9)13(16)17/h2-3,8-10H,4-7H2,1H3,(H,18,19);3-6,15H,2H2,1H3,(H,16,17). The number of hydrogen-bond donors (Lipinski definition) is 3. The summed E-state index contributed by atoms with van der Waals surface area (Å²) in [6.45, 7) is 4.66. The molecule has 5 rings (SSSR count). The minimum atomic E-state index is -1.10. The van der Waals surface area contributed by atoms with Gasteiger partial charge in [-0.25, -0.2) is 4.79 Å². The average molecular weight is 644 g/mol. The van der Waals surface area contributed by atoms with Gasteiger partial charge in [-0.2, -0.15) is 0 Å². The third-order valence-corrected chi connectivity index (χ3v) is 7.12. The van der Waals surface area contributed by atoms with Gasteiger partial charge in [0.25, 0.3) is 0 Å². The lowest BCUT2D eigenvalue weighted by molar-refractivity contribution is 0.0692. The van der Waals surface area contributed by atoms with Crippen LogP contribution in [0, 0.1) is 0 Å². The van der Waals surface area contributed by atoms with Gasteiger partial charge in [-0.15, -0.1) is 0 Å². The Morgan fingerprint density at radius 2 is 1.74 bits per heavy atom. The van der Waals surface area contributed by atoms with Crippen LogP contribution in [0.25, 0.3) is 21.5 Å². The van der Waals surface area contributed by atoms with Gasteiger partial charge < -0.3 is 25.0 Å². The van der Waals surface area contributed by atoms with Gasteiger partial charge in [0.1, 0.15) is 29.5 Å².